The molecule has 0 amide bonds. The van der Waals surface area contributed by atoms with E-state index >= 15 is 0 Å². The van der Waals surface area contributed by atoms with E-state index in [1.54, 1.807) is 13.3 Å². The average Bonchev–Trinajstić information content (AvgIpc) is 2.69. The molecule has 3 aromatic rings. The van der Waals surface area contributed by atoms with Crippen LogP contribution >= 0.6 is 11.6 Å². The Morgan fingerprint density at radius 2 is 1.65 bits per heavy atom. The van der Waals surface area contributed by atoms with Gasteiger partial charge in [-0.3, -0.25) is 9.88 Å². The Morgan fingerprint density at radius 3 is 2.31 bits per heavy atom. The number of benzene rings is 1. The third-order valence-corrected chi connectivity index (χ3v) is 4.28. The van der Waals surface area contributed by atoms with E-state index in [1.165, 1.54) is 11.1 Å². The van der Waals surface area contributed by atoms with Gasteiger partial charge in [-0.2, -0.15) is 0 Å². The molecule has 0 atom stereocenters. The van der Waals surface area contributed by atoms with Gasteiger partial charge in [0.1, 0.15) is 0 Å². The predicted octanol–water partition coefficient (Wildman–Crippen LogP) is 3.78. The first-order valence-electron chi connectivity index (χ1n) is 8.43. The average molecular weight is 369 g/mol. The Balaban J connectivity index is 1.68. The van der Waals surface area contributed by atoms with E-state index in [1.807, 2.05) is 36.8 Å². The van der Waals surface area contributed by atoms with Gasteiger partial charge in [-0.05, 0) is 35.7 Å². The molecule has 0 fully saturated rings. The van der Waals surface area contributed by atoms with Crippen molar-refractivity contribution in [3.05, 3.63) is 82.9 Å². The van der Waals surface area contributed by atoms with Gasteiger partial charge in [-0.1, -0.05) is 29.8 Å². The molecule has 0 unspecified atom stereocenters. The van der Waals surface area contributed by atoms with Crippen LogP contribution in [0.2, 0.25) is 5.02 Å². The Morgan fingerprint density at radius 1 is 0.923 bits per heavy atom. The largest absolute Gasteiger partial charge is 0.467 e. The second-order valence-electron chi connectivity index (χ2n) is 6.03. The van der Waals surface area contributed by atoms with Crippen LogP contribution in [0.5, 0.6) is 6.01 Å². The standard InChI is InChI=1S/C20H21ClN4O/c1-26-20-23-12-18(13-24-20)15-25(14-17-3-2-9-22-11-17)10-8-16-4-6-19(21)7-5-16/h2-7,9,11-13H,8,10,14-15H2,1H3. The molecular weight excluding hydrogens is 348 g/mol. The minimum Gasteiger partial charge on any atom is -0.467 e. The topological polar surface area (TPSA) is 51.1 Å². The van der Waals surface area contributed by atoms with Gasteiger partial charge in [0.2, 0.25) is 0 Å². The molecule has 0 spiro atoms. The van der Waals surface area contributed by atoms with E-state index in [4.69, 9.17) is 16.3 Å². The van der Waals surface area contributed by atoms with Gasteiger partial charge in [0.15, 0.2) is 0 Å². The van der Waals surface area contributed by atoms with Gasteiger partial charge < -0.3 is 4.74 Å². The quantitative estimate of drug-likeness (QED) is 0.605. The fourth-order valence-corrected chi connectivity index (χ4v) is 2.82. The molecule has 0 aliphatic carbocycles. The maximum atomic E-state index is 5.97. The number of pyridine rings is 1. The van der Waals surface area contributed by atoms with Crippen molar-refractivity contribution in [2.45, 2.75) is 19.5 Å². The first-order chi connectivity index (χ1) is 12.7. The van der Waals surface area contributed by atoms with Crippen molar-refractivity contribution in [3.8, 4) is 6.01 Å². The first kappa shape index (κ1) is 18.3. The van der Waals surface area contributed by atoms with Gasteiger partial charge in [-0.25, -0.2) is 9.97 Å². The highest BCUT2D eigenvalue weighted by atomic mass is 35.5. The SMILES string of the molecule is COc1ncc(CN(CCc2ccc(Cl)cc2)Cc2cccnc2)cn1. The van der Waals surface area contributed by atoms with E-state index in [0.29, 0.717) is 6.01 Å². The molecule has 2 aromatic heterocycles. The summed E-state index contributed by atoms with van der Waals surface area (Å²) in [5, 5.41) is 0.761. The van der Waals surface area contributed by atoms with Gasteiger partial charge in [0.05, 0.1) is 7.11 Å². The van der Waals surface area contributed by atoms with Crippen molar-refractivity contribution in [1.29, 1.82) is 0 Å². The Bertz CT molecular complexity index is 794. The number of halogens is 1. The van der Waals surface area contributed by atoms with Crippen LogP contribution in [0.3, 0.4) is 0 Å². The van der Waals surface area contributed by atoms with Crippen LogP contribution in [0, 0.1) is 0 Å². The summed E-state index contributed by atoms with van der Waals surface area (Å²) in [6.45, 7) is 2.47. The van der Waals surface area contributed by atoms with E-state index in [2.05, 4.69) is 38.1 Å². The Hall–Kier alpha value is -2.50. The fourth-order valence-electron chi connectivity index (χ4n) is 2.69. The minimum atomic E-state index is 0.383. The molecular formula is C20H21ClN4O. The molecule has 26 heavy (non-hydrogen) atoms. The van der Waals surface area contributed by atoms with E-state index in [-0.39, 0.29) is 0 Å². The lowest BCUT2D eigenvalue weighted by molar-refractivity contribution is 0.258. The molecule has 0 saturated heterocycles. The molecule has 134 valence electrons. The third-order valence-electron chi connectivity index (χ3n) is 4.03. The molecule has 0 bridgehead atoms. The molecule has 0 saturated carbocycles. The van der Waals surface area contributed by atoms with Crippen LogP contribution in [0.25, 0.3) is 0 Å². The molecule has 5 nitrogen and oxygen atoms in total. The second kappa shape index (κ2) is 9.27. The smallest absolute Gasteiger partial charge is 0.316 e. The van der Waals surface area contributed by atoms with Crippen molar-refractivity contribution in [2.24, 2.45) is 0 Å². The molecule has 0 aliphatic heterocycles. The maximum Gasteiger partial charge on any atom is 0.316 e. The van der Waals surface area contributed by atoms with Crippen LogP contribution in [0.1, 0.15) is 16.7 Å². The van der Waals surface area contributed by atoms with Crippen molar-refractivity contribution < 1.29 is 4.74 Å². The van der Waals surface area contributed by atoms with Crippen LogP contribution in [0.15, 0.2) is 61.2 Å². The number of ether oxygens (including phenoxy) is 1. The summed E-state index contributed by atoms with van der Waals surface area (Å²) in [5.41, 5.74) is 3.49. The van der Waals surface area contributed by atoms with Crippen LogP contribution in [-0.2, 0) is 19.5 Å². The Labute approximate surface area is 158 Å². The molecule has 0 aliphatic rings. The molecule has 6 heteroatoms. The third kappa shape index (κ3) is 5.51. The zero-order valence-corrected chi connectivity index (χ0v) is 15.4. The minimum absolute atomic E-state index is 0.383. The Kier molecular flexibility index (Phi) is 6.52. The van der Waals surface area contributed by atoms with Gasteiger partial charge >= 0.3 is 6.01 Å². The summed E-state index contributed by atoms with van der Waals surface area (Å²) in [6.07, 6.45) is 8.25. The lowest BCUT2D eigenvalue weighted by Gasteiger charge is -2.22. The number of methoxy groups -OCH3 is 1. The number of hydrogen-bond donors (Lipinski definition) is 0. The first-order valence-corrected chi connectivity index (χ1v) is 8.81. The summed E-state index contributed by atoms with van der Waals surface area (Å²) >= 11 is 5.97. The van der Waals surface area contributed by atoms with Gasteiger partial charge in [-0.15, -0.1) is 0 Å². The summed E-state index contributed by atoms with van der Waals surface area (Å²) in [5.74, 6) is 0. The number of aromatic nitrogens is 3. The number of nitrogens with zero attached hydrogens (tertiary/aromatic N) is 4. The molecule has 0 radical (unpaired) electrons. The second-order valence-corrected chi connectivity index (χ2v) is 6.46. The van der Waals surface area contributed by atoms with E-state index in [9.17, 15) is 0 Å². The lowest BCUT2D eigenvalue weighted by atomic mass is 10.1. The summed E-state index contributed by atoms with van der Waals surface area (Å²) < 4.78 is 5.03. The summed E-state index contributed by atoms with van der Waals surface area (Å²) in [4.78, 5) is 15.0. The van der Waals surface area contributed by atoms with E-state index < -0.39 is 0 Å². The van der Waals surface area contributed by atoms with Crippen LogP contribution < -0.4 is 4.74 Å². The fraction of sp³-hybridized carbons (Fsp3) is 0.250. The zero-order valence-electron chi connectivity index (χ0n) is 14.7. The van der Waals surface area contributed by atoms with E-state index in [0.717, 1.165) is 36.6 Å². The highest BCUT2D eigenvalue weighted by Crippen LogP contribution is 2.13. The highest BCUT2D eigenvalue weighted by Gasteiger charge is 2.09. The number of hydrogen-bond acceptors (Lipinski definition) is 5. The monoisotopic (exact) mass is 368 g/mol. The van der Waals surface area contributed by atoms with Crippen molar-refractivity contribution in [2.75, 3.05) is 13.7 Å². The highest BCUT2D eigenvalue weighted by molar-refractivity contribution is 6.30. The van der Waals surface area contributed by atoms with Crippen molar-refractivity contribution in [1.82, 2.24) is 19.9 Å². The molecule has 1 aromatic carbocycles. The van der Waals surface area contributed by atoms with Gasteiger partial charge in [0, 0.05) is 55.0 Å². The molecule has 0 N–H and O–H groups in total. The predicted molar refractivity (Wildman–Crippen MR) is 102 cm³/mol. The lowest BCUT2D eigenvalue weighted by Crippen LogP contribution is -2.25. The van der Waals surface area contributed by atoms with Crippen molar-refractivity contribution >= 4 is 11.6 Å². The molecule has 2 heterocycles. The summed E-state index contributed by atoms with van der Waals surface area (Å²) in [7, 11) is 1.57. The van der Waals surface area contributed by atoms with Gasteiger partial charge in [0.25, 0.3) is 0 Å². The normalized spacial score (nSPS) is 10.9. The number of rotatable bonds is 8. The van der Waals surface area contributed by atoms with Crippen LogP contribution in [-0.4, -0.2) is 33.5 Å². The van der Waals surface area contributed by atoms with Crippen LogP contribution in [0.4, 0.5) is 0 Å². The zero-order chi connectivity index (χ0) is 18.2. The molecule has 3 rings (SSSR count). The summed E-state index contributed by atoms with van der Waals surface area (Å²) in [6, 6.07) is 12.4. The maximum absolute atomic E-state index is 5.97. The van der Waals surface area contributed by atoms with Crippen molar-refractivity contribution in [3.63, 3.8) is 0 Å².